The Kier molecular flexibility index (Phi) is 1.62. The Morgan fingerprint density at radius 2 is 1.90 bits per heavy atom. The minimum atomic E-state index is 0.888. The zero-order valence-corrected chi connectivity index (χ0v) is 6.29. The minimum absolute atomic E-state index is 0.888. The van der Waals surface area contributed by atoms with Crippen LogP contribution in [0.4, 0.5) is 0 Å². The summed E-state index contributed by atoms with van der Waals surface area (Å²) in [5.41, 5.74) is 0. The molecule has 0 heterocycles. The Bertz CT molecular complexity index is 165. The molecule has 0 heteroatoms. The second-order valence-corrected chi connectivity index (χ2v) is 3.37. The number of hydrogen-bond acceptors (Lipinski definition) is 0. The van der Waals surface area contributed by atoms with Gasteiger partial charge in [0, 0.05) is 0 Å². The van der Waals surface area contributed by atoms with Crippen molar-refractivity contribution in [2.75, 3.05) is 0 Å². The van der Waals surface area contributed by atoms with Crippen molar-refractivity contribution in [2.45, 2.75) is 25.7 Å². The van der Waals surface area contributed by atoms with Crippen LogP contribution in [0.5, 0.6) is 0 Å². The van der Waals surface area contributed by atoms with E-state index in [1.54, 1.807) is 0 Å². The van der Waals surface area contributed by atoms with Crippen molar-refractivity contribution in [3.8, 4) is 0 Å². The summed E-state index contributed by atoms with van der Waals surface area (Å²) in [5, 5.41) is 0. The van der Waals surface area contributed by atoms with E-state index < -0.39 is 0 Å². The first-order chi connectivity index (χ1) is 4.97. The molecule has 0 fully saturated rings. The van der Waals surface area contributed by atoms with Gasteiger partial charge in [0.15, 0.2) is 0 Å². The van der Waals surface area contributed by atoms with Crippen molar-refractivity contribution in [1.82, 2.24) is 0 Å². The summed E-state index contributed by atoms with van der Waals surface area (Å²) in [5.74, 6) is 1.87. The molecule has 0 aliphatic heterocycles. The summed E-state index contributed by atoms with van der Waals surface area (Å²) < 4.78 is 0. The minimum Gasteiger partial charge on any atom is -0.0882 e. The van der Waals surface area contributed by atoms with E-state index in [0.29, 0.717) is 0 Å². The van der Waals surface area contributed by atoms with E-state index in [1.165, 1.54) is 25.7 Å². The van der Waals surface area contributed by atoms with Gasteiger partial charge < -0.3 is 0 Å². The molecule has 0 saturated carbocycles. The first-order valence-electron chi connectivity index (χ1n) is 4.28. The van der Waals surface area contributed by atoms with Gasteiger partial charge in [-0.1, -0.05) is 24.3 Å². The lowest BCUT2D eigenvalue weighted by Gasteiger charge is -2.28. The Morgan fingerprint density at radius 1 is 1.00 bits per heavy atom. The average Bonchev–Trinajstić information content (AvgIpc) is 2.05. The Morgan fingerprint density at radius 3 is 2.80 bits per heavy atom. The zero-order chi connectivity index (χ0) is 6.81. The second kappa shape index (κ2) is 2.61. The maximum atomic E-state index is 2.41. The monoisotopic (exact) mass is 134 g/mol. The molecular formula is C10H14. The fourth-order valence-corrected chi connectivity index (χ4v) is 2.04. The summed E-state index contributed by atoms with van der Waals surface area (Å²) in [6.07, 6.45) is 14.8. The van der Waals surface area contributed by atoms with Gasteiger partial charge in [-0.05, 0) is 37.5 Å². The fourth-order valence-electron chi connectivity index (χ4n) is 2.04. The lowest BCUT2D eigenvalue weighted by atomic mass is 9.77. The predicted octanol–water partition coefficient (Wildman–Crippen LogP) is 2.92. The van der Waals surface area contributed by atoms with Gasteiger partial charge in [0.2, 0.25) is 0 Å². The molecule has 0 amide bonds. The summed E-state index contributed by atoms with van der Waals surface area (Å²) in [7, 11) is 0. The molecule has 0 aromatic carbocycles. The van der Waals surface area contributed by atoms with Crippen LogP contribution >= 0.6 is 0 Å². The van der Waals surface area contributed by atoms with Crippen molar-refractivity contribution in [1.29, 1.82) is 0 Å². The number of fused-ring (bicyclic) bond motifs is 1. The maximum Gasteiger partial charge on any atom is -0.0167 e. The molecule has 0 spiro atoms. The molecule has 0 N–H and O–H groups in total. The first-order valence-corrected chi connectivity index (χ1v) is 4.28. The van der Waals surface area contributed by atoms with Crippen LogP contribution in [0, 0.1) is 11.8 Å². The van der Waals surface area contributed by atoms with Crippen LogP contribution in [0.1, 0.15) is 25.7 Å². The van der Waals surface area contributed by atoms with E-state index in [4.69, 9.17) is 0 Å². The van der Waals surface area contributed by atoms with E-state index in [2.05, 4.69) is 24.3 Å². The van der Waals surface area contributed by atoms with Gasteiger partial charge in [0.25, 0.3) is 0 Å². The molecule has 2 aliphatic carbocycles. The van der Waals surface area contributed by atoms with E-state index in [-0.39, 0.29) is 0 Å². The molecule has 2 unspecified atom stereocenters. The highest BCUT2D eigenvalue weighted by Crippen LogP contribution is 2.33. The van der Waals surface area contributed by atoms with Crippen molar-refractivity contribution >= 4 is 0 Å². The van der Waals surface area contributed by atoms with Gasteiger partial charge in [-0.25, -0.2) is 0 Å². The van der Waals surface area contributed by atoms with Crippen molar-refractivity contribution in [3.05, 3.63) is 24.3 Å². The summed E-state index contributed by atoms with van der Waals surface area (Å²) >= 11 is 0. The summed E-state index contributed by atoms with van der Waals surface area (Å²) in [4.78, 5) is 0. The molecule has 0 aromatic heterocycles. The van der Waals surface area contributed by atoms with Crippen molar-refractivity contribution in [3.63, 3.8) is 0 Å². The van der Waals surface area contributed by atoms with Gasteiger partial charge in [-0.3, -0.25) is 0 Å². The van der Waals surface area contributed by atoms with Crippen molar-refractivity contribution < 1.29 is 0 Å². The third-order valence-electron chi connectivity index (χ3n) is 2.71. The van der Waals surface area contributed by atoms with Crippen LogP contribution in [-0.2, 0) is 0 Å². The zero-order valence-electron chi connectivity index (χ0n) is 6.29. The number of rotatable bonds is 0. The van der Waals surface area contributed by atoms with Crippen LogP contribution in [0.25, 0.3) is 0 Å². The third-order valence-corrected chi connectivity index (χ3v) is 2.71. The SMILES string of the molecule is C1=CC2CC=CCC2CC1. The molecule has 0 bridgehead atoms. The third kappa shape index (κ3) is 1.03. The fraction of sp³-hybridized carbons (Fsp3) is 0.600. The molecule has 0 nitrogen and oxygen atoms in total. The van der Waals surface area contributed by atoms with E-state index in [9.17, 15) is 0 Å². The highest BCUT2D eigenvalue weighted by molar-refractivity contribution is 5.05. The molecule has 2 atom stereocenters. The smallest absolute Gasteiger partial charge is 0.0167 e. The number of allylic oxidation sites excluding steroid dienone is 4. The standard InChI is InChI=1S/C10H14/c1-2-6-10-8-4-3-7-9(10)5-1/h1-3,7,9-10H,4-6,8H2. The molecule has 0 radical (unpaired) electrons. The van der Waals surface area contributed by atoms with Gasteiger partial charge >= 0.3 is 0 Å². The lowest BCUT2D eigenvalue weighted by molar-refractivity contribution is 0.348. The van der Waals surface area contributed by atoms with Crippen LogP contribution < -0.4 is 0 Å². The Hall–Kier alpha value is -0.520. The highest BCUT2D eigenvalue weighted by atomic mass is 14.3. The predicted molar refractivity (Wildman–Crippen MR) is 43.7 cm³/mol. The highest BCUT2D eigenvalue weighted by Gasteiger charge is 2.21. The van der Waals surface area contributed by atoms with Gasteiger partial charge in [0.1, 0.15) is 0 Å². The molecule has 0 aromatic rings. The van der Waals surface area contributed by atoms with Crippen LogP contribution in [0.3, 0.4) is 0 Å². The first kappa shape index (κ1) is 6.21. The molecule has 10 heavy (non-hydrogen) atoms. The van der Waals surface area contributed by atoms with Crippen molar-refractivity contribution in [2.24, 2.45) is 11.8 Å². The molecule has 0 saturated heterocycles. The van der Waals surface area contributed by atoms with E-state index in [0.717, 1.165) is 11.8 Å². The molecule has 2 aliphatic rings. The quantitative estimate of drug-likeness (QED) is 0.447. The van der Waals surface area contributed by atoms with Crippen LogP contribution in [0.15, 0.2) is 24.3 Å². The number of hydrogen-bond donors (Lipinski definition) is 0. The molecule has 54 valence electrons. The molecular weight excluding hydrogens is 120 g/mol. The van der Waals surface area contributed by atoms with Gasteiger partial charge in [-0.15, -0.1) is 0 Å². The van der Waals surface area contributed by atoms with E-state index in [1.807, 2.05) is 0 Å². The second-order valence-electron chi connectivity index (χ2n) is 3.37. The normalized spacial score (nSPS) is 37.6. The van der Waals surface area contributed by atoms with Crippen LogP contribution in [-0.4, -0.2) is 0 Å². The summed E-state index contributed by atoms with van der Waals surface area (Å²) in [6, 6.07) is 0. The Labute approximate surface area is 62.6 Å². The largest absolute Gasteiger partial charge is 0.0882 e. The Balaban J connectivity index is 2.12. The molecule has 2 rings (SSSR count). The maximum absolute atomic E-state index is 2.41. The van der Waals surface area contributed by atoms with Crippen LogP contribution in [0.2, 0.25) is 0 Å². The van der Waals surface area contributed by atoms with E-state index >= 15 is 0 Å². The summed E-state index contributed by atoms with van der Waals surface area (Å²) in [6.45, 7) is 0. The van der Waals surface area contributed by atoms with Gasteiger partial charge in [0.05, 0.1) is 0 Å². The lowest BCUT2D eigenvalue weighted by Crippen LogP contribution is -2.16. The van der Waals surface area contributed by atoms with Gasteiger partial charge in [-0.2, -0.15) is 0 Å². The average molecular weight is 134 g/mol. The topological polar surface area (TPSA) is 0 Å².